The maximum absolute atomic E-state index is 12.1. The summed E-state index contributed by atoms with van der Waals surface area (Å²) >= 11 is 0. The molecule has 0 aliphatic carbocycles. The van der Waals surface area contributed by atoms with Crippen LogP contribution < -0.4 is 0 Å². The summed E-state index contributed by atoms with van der Waals surface area (Å²) in [5.41, 5.74) is 0. The summed E-state index contributed by atoms with van der Waals surface area (Å²) in [6, 6.07) is 0.0632. The zero-order chi connectivity index (χ0) is 8.59. The van der Waals surface area contributed by atoms with Crippen molar-refractivity contribution >= 4 is 0 Å². The van der Waals surface area contributed by atoms with E-state index in [4.69, 9.17) is 5.11 Å². The molecule has 0 radical (unpaired) electrons. The molecular weight excluding hydrogens is 164 g/mol. The first-order valence-corrected chi connectivity index (χ1v) is 2.56. The second-order valence-corrected chi connectivity index (χ2v) is 1.82. The normalized spacial score (nSPS) is 10.2. The molecule has 1 aromatic rings. The molecule has 5 heteroatoms. The molecule has 1 rings (SSSR count). The van der Waals surface area contributed by atoms with Gasteiger partial charge >= 0.3 is 0 Å². The van der Waals surface area contributed by atoms with Crippen LogP contribution in [0.25, 0.3) is 0 Å². The lowest BCUT2D eigenvalue weighted by Crippen LogP contribution is -1.93. The van der Waals surface area contributed by atoms with E-state index < -0.39 is 29.0 Å². The van der Waals surface area contributed by atoms with Gasteiger partial charge in [0.15, 0.2) is 23.2 Å². The fraction of sp³-hybridized carbons (Fsp3) is 0. The summed E-state index contributed by atoms with van der Waals surface area (Å²) in [7, 11) is 0. The number of halogens is 4. The first-order valence-electron chi connectivity index (χ1n) is 2.56. The molecule has 0 atom stereocenters. The predicted octanol–water partition coefficient (Wildman–Crippen LogP) is 1.95. The van der Waals surface area contributed by atoms with Gasteiger partial charge < -0.3 is 5.11 Å². The molecule has 0 bridgehead atoms. The van der Waals surface area contributed by atoms with E-state index in [1.165, 1.54) is 0 Å². The van der Waals surface area contributed by atoms with E-state index in [-0.39, 0.29) is 6.07 Å². The lowest BCUT2D eigenvalue weighted by atomic mass is 10.3. The molecule has 1 nitrogen and oxygen atoms in total. The Labute approximate surface area is 58.9 Å². The smallest absolute Gasteiger partial charge is 0.206 e. The second-order valence-electron chi connectivity index (χ2n) is 1.82. The van der Waals surface area contributed by atoms with Crippen LogP contribution in [0.1, 0.15) is 0 Å². The van der Waals surface area contributed by atoms with Crippen molar-refractivity contribution in [1.29, 1.82) is 0 Å². The highest BCUT2D eigenvalue weighted by Crippen LogP contribution is 2.23. The molecule has 0 aromatic heterocycles. The minimum absolute atomic E-state index is 0.0632. The third kappa shape index (κ3) is 1.13. The lowest BCUT2D eigenvalue weighted by molar-refractivity contribution is 0.358. The van der Waals surface area contributed by atoms with Crippen LogP contribution in [0.15, 0.2) is 6.07 Å². The molecular formula is C6H2F4O. The van der Waals surface area contributed by atoms with Gasteiger partial charge in [0.25, 0.3) is 0 Å². The average Bonchev–Trinajstić information content (AvgIpc) is 1.97. The predicted molar refractivity (Wildman–Crippen MR) is 27.9 cm³/mol. The van der Waals surface area contributed by atoms with Crippen molar-refractivity contribution in [3.8, 4) is 5.75 Å². The molecule has 0 amide bonds. The summed E-state index contributed by atoms with van der Waals surface area (Å²) in [5.74, 6) is -8.51. The van der Waals surface area contributed by atoms with Gasteiger partial charge in [0.05, 0.1) is 0 Å². The summed E-state index contributed by atoms with van der Waals surface area (Å²) in [6.45, 7) is 0. The molecule has 0 aliphatic rings. The van der Waals surface area contributed by atoms with E-state index >= 15 is 0 Å². The van der Waals surface area contributed by atoms with Crippen molar-refractivity contribution in [2.45, 2.75) is 0 Å². The van der Waals surface area contributed by atoms with Crippen molar-refractivity contribution in [2.24, 2.45) is 0 Å². The Hall–Kier alpha value is -1.26. The largest absolute Gasteiger partial charge is 0.503 e. The van der Waals surface area contributed by atoms with Crippen LogP contribution in [0, 0.1) is 23.3 Å². The Morgan fingerprint density at radius 2 is 1.45 bits per heavy atom. The van der Waals surface area contributed by atoms with E-state index in [0.29, 0.717) is 0 Å². The summed E-state index contributed by atoms with van der Waals surface area (Å²) in [5, 5.41) is 8.35. The van der Waals surface area contributed by atoms with E-state index in [1.54, 1.807) is 0 Å². The Bertz CT molecular complexity index is 271. The van der Waals surface area contributed by atoms with Crippen molar-refractivity contribution in [3.63, 3.8) is 0 Å². The Kier molecular flexibility index (Phi) is 1.72. The van der Waals surface area contributed by atoms with Crippen molar-refractivity contribution in [3.05, 3.63) is 29.3 Å². The van der Waals surface area contributed by atoms with Crippen LogP contribution in [0.4, 0.5) is 17.6 Å². The van der Waals surface area contributed by atoms with E-state index in [1.807, 2.05) is 0 Å². The minimum Gasteiger partial charge on any atom is -0.503 e. The van der Waals surface area contributed by atoms with Gasteiger partial charge in [0, 0.05) is 6.07 Å². The van der Waals surface area contributed by atoms with Gasteiger partial charge in [0.2, 0.25) is 5.82 Å². The maximum Gasteiger partial charge on any atom is 0.206 e. The molecule has 0 aliphatic heterocycles. The van der Waals surface area contributed by atoms with E-state index in [0.717, 1.165) is 0 Å². The van der Waals surface area contributed by atoms with Crippen molar-refractivity contribution in [2.75, 3.05) is 0 Å². The molecule has 0 fully saturated rings. The third-order valence-electron chi connectivity index (χ3n) is 1.09. The van der Waals surface area contributed by atoms with E-state index in [2.05, 4.69) is 0 Å². The zero-order valence-electron chi connectivity index (χ0n) is 5.04. The molecule has 1 aromatic carbocycles. The molecule has 0 unspecified atom stereocenters. The molecule has 0 spiro atoms. The van der Waals surface area contributed by atoms with Crippen molar-refractivity contribution < 1.29 is 22.7 Å². The summed E-state index contributed by atoms with van der Waals surface area (Å²) < 4.78 is 48.4. The number of aromatic hydroxyl groups is 1. The van der Waals surface area contributed by atoms with E-state index in [9.17, 15) is 17.6 Å². The zero-order valence-corrected chi connectivity index (χ0v) is 5.04. The maximum atomic E-state index is 12.1. The molecule has 60 valence electrons. The van der Waals surface area contributed by atoms with Crippen molar-refractivity contribution in [1.82, 2.24) is 0 Å². The minimum atomic E-state index is -1.91. The number of hydrogen-bond acceptors (Lipinski definition) is 1. The van der Waals surface area contributed by atoms with Gasteiger partial charge in [-0.2, -0.15) is 4.39 Å². The number of benzene rings is 1. The molecule has 0 saturated heterocycles. The van der Waals surface area contributed by atoms with Crippen LogP contribution in [0.5, 0.6) is 5.75 Å². The molecule has 0 heterocycles. The van der Waals surface area contributed by atoms with Crippen LogP contribution in [0.3, 0.4) is 0 Å². The number of phenolic OH excluding ortho intramolecular Hbond substituents is 1. The van der Waals surface area contributed by atoms with Gasteiger partial charge in [-0.3, -0.25) is 0 Å². The van der Waals surface area contributed by atoms with Crippen LogP contribution in [0.2, 0.25) is 0 Å². The second kappa shape index (κ2) is 2.41. The fourth-order valence-electron chi connectivity index (χ4n) is 0.557. The standard InChI is InChI=1S/C6H2F4O/c7-2-1-3(8)6(11)5(10)4(2)9/h1,11H. The Morgan fingerprint density at radius 1 is 0.909 bits per heavy atom. The highest BCUT2D eigenvalue weighted by molar-refractivity contribution is 5.26. The Balaban J connectivity index is 3.46. The monoisotopic (exact) mass is 166 g/mol. The number of hydrogen-bond donors (Lipinski definition) is 1. The first-order chi connectivity index (χ1) is 5.04. The quantitative estimate of drug-likeness (QED) is 0.354. The first kappa shape index (κ1) is 7.84. The topological polar surface area (TPSA) is 20.2 Å². The molecule has 1 N–H and O–H groups in total. The average molecular weight is 166 g/mol. The fourth-order valence-corrected chi connectivity index (χ4v) is 0.557. The Morgan fingerprint density at radius 3 is 2.00 bits per heavy atom. The SMILES string of the molecule is Oc1c(F)cc(F)c(F)c1F. The van der Waals surface area contributed by atoms with Crippen LogP contribution >= 0.6 is 0 Å². The lowest BCUT2D eigenvalue weighted by Gasteiger charge is -1.98. The third-order valence-corrected chi connectivity index (χ3v) is 1.09. The highest BCUT2D eigenvalue weighted by atomic mass is 19.2. The van der Waals surface area contributed by atoms with Gasteiger partial charge in [-0.25, -0.2) is 13.2 Å². The number of rotatable bonds is 0. The van der Waals surface area contributed by atoms with Gasteiger partial charge in [0.1, 0.15) is 0 Å². The summed E-state index contributed by atoms with van der Waals surface area (Å²) in [6.07, 6.45) is 0. The highest BCUT2D eigenvalue weighted by Gasteiger charge is 2.17. The van der Waals surface area contributed by atoms with Crippen LogP contribution in [-0.2, 0) is 0 Å². The summed E-state index contributed by atoms with van der Waals surface area (Å²) in [4.78, 5) is 0. The number of phenols is 1. The molecule has 0 saturated carbocycles. The van der Waals surface area contributed by atoms with Gasteiger partial charge in [-0.1, -0.05) is 0 Å². The van der Waals surface area contributed by atoms with Gasteiger partial charge in [-0.05, 0) is 0 Å². The van der Waals surface area contributed by atoms with Crippen LogP contribution in [-0.4, -0.2) is 5.11 Å². The molecule has 11 heavy (non-hydrogen) atoms. The van der Waals surface area contributed by atoms with Gasteiger partial charge in [-0.15, -0.1) is 0 Å².